The average Bonchev–Trinajstić information content (AvgIpc) is 2.33. The summed E-state index contributed by atoms with van der Waals surface area (Å²) in [4.78, 5) is 11.7. The summed E-state index contributed by atoms with van der Waals surface area (Å²) in [6.07, 6.45) is 1.30. The Morgan fingerprint density at radius 2 is 2.21 bits per heavy atom. The molecule has 0 bridgehead atoms. The van der Waals surface area contributed by atoms with Crippen LogP contribution in [0.3, 0.4) is 0 Å². The predicted molar refractivity (Wildman–Crippen MR) is 78.6 cm³/mol. The van der Waals surface area contributed by atoms with Gasteiger partial charge in [0.2, 0.25) is 5.91 Å². The molecule has 1 aromatic carbocycles. The Labute approximate surface area is 119 Å². The van der Waals surface area contributed by atoms with Gasteiger partial charge < -0.3 is 15.7 Å². The van der Waals surface area contributed by atoms with Gasteiger partial charge in [-0.15, -0.1) is 0 Å². The number of nitrogens with one attached hydrogen (secondary N) is 2. The molecule has 0 aliphatic carbocycles. The molecule has 106 valence electrons. The van der Waals surface area contributed by atoms with Crippen molar-refractivity contribution >= 4 is 23.2 Å². The highest BCUT2D eigenvalue weighted by Gasteiger charge is 2.05. The van der Waals surface area contributed by atoms with Gasteiger partial charge >= 0.3 is 0 Å². The number of hydrogen-bond acceptors (Lipinski definition) is 3. The van der Waals surface area contributed by atoms with E-state index in [1.807, 2.05) is 13.0 Å². The number of rotatable bonds is 7. The van der Waals surface area contributed by atoms with Gasteiger partial charge in [0.25, 0.3) is 0 Å². The van der Waals surface area contributed by atoms with Crippen molar-refractivity contribution in [2.75, 3.05) is 18.4 Å². The van der Waals surface area contributed by atoms with Gasteiger partial charge in [0, 0.05) is 10.7 Å². The maximum atomic E-state index is 11.7. The molecule has 0 fully saturated rings. The van der Waals surface area contributed by atoms with Crippen LogP contribution in [0.15, 0.2) is 18.2 Å². The molecule has 1 aromatic rings. The molecule has 0 aromatic heterocycles. The van der Waals surface area contributed by atoms with Crippen molar-refractivity contribution in [2.24, 2.45) is 0 Å². The molecule has 0 heterocycles. The zero-order chi connectivity index (χ0) is 14.3. The van der Waals surface area contributed by atoms with Crippen molar-refractivity contribution in [3.8, 4) is 0 Å². The number of aliphatic hydroxyl groups excluding tert-OH is 1. The Morgan fingerprint density at radius 3 is 2.89 bits per heavy atom. The molecule has 1 unspecified atom stereocenters. The highest BCUT2D eigenvalue weighted by Crippen LogP contribution is 2.19. The second-order valence-corrected chi connectivity index (χ2v) is 5.11. The zero-order valence-corrected chi connectivity index (χ0v) is 12.1. The first kappa shape index (κ1) is 16.0. The third-order valence-electron chi connectivity index (χ3n) is 2.73. The number of carbonyl (C=O) groups is 1. The number of hydrogen-bond donors (Lipinski definition) is 3. The summed E-state index contributed by atoms with van der Waals surface area (Å²) in [7, 11) is 0. The Bertz CT molecular complexity index is 422. The van der Waals surface area contributed by atoms with Gasteiger partial charge in [-0.1, -0.05) is 17.7 Å². The van der Waals surface area contributed by atoms with Crippen LogP contribution >= 0.6 is 11.6 Å². The molecule has 0 aliphatic rings. The van der Waals surface area contributed by atoms with E-state index in [0.29, 0.717) is 11.6 Å². The number of carbonyl (C=O) groups excluding carboxylic acids is 1. The third kappa shape index (κ3) is 6.57. The summed E-state index contributed by atoms with van der Waals surface area (Å²) in [5.41, 5.74) is 1.72. The molecule has 4 nitrogen and oxygen atoms in total. The lowest BCUT2D eigenvalue weighted by Crippen LogP contribution is -2.29. The molecule has 5 heteroatoms. The number of amides is 1. The van der Waals surface area contributed by atoms with Crippen molar-refractivity contribution < 1.29 is 9.90 Å². The summed E-state index contributed by atoms with van der Waals surface area (Å²) in [6.45, 7) is 4.65. The third-order valence-corrected chi connectivity index (χ3v) is 2.97. The van der Waals surface area contributed by atoms with Crippen molar-refractivity contribution in [1.82, 2.24) is 5.32 Å². The van der Waals surface area contributed by atoms with Crippen molar-refractivity contribution in [3.63, 3.8) is 0 Å². The van der Waals surface area contributed by atoms with Gasteiger partial charge in [-0.25, -0.2) is 0 Å². The van der Waals surface area contributed by atoms with Gasteiger partial charge in [0.15, 0.2) is 0 Å². The number of benzene rings is 1. The van der Waals surface area contributed by atoms with Gasteiger partial charge in [-0.2, -0.15) is 0 Å². The summed E-state index contributed by atoms with van der Waals surface area (Å²) < 4.78 is 0. The molecular formula is C14H21ClN2O2. The van der Waals surface area contributed by atoms with Crippen LogP contribution in [0, 0.1) is 6.92 Å². The lowest BCUT2D eigenvalue weighted by atomic mass is 10.2. The van der Waals surface area contributed by atoms with E-state index in [1.54, 1.807) is 19.1 Å². The minimum atomic E-state index is -0.287. The maximum absolute atomic E-state index is 11.7. The molecule has 1 atom stereocenters. The van der Waals surface area contributed by atoms with Crippen LogP contribution in [-0.4, -0.2) is 30.2 Å². The average molecular weight is 285 g/mol. The Morgan fingerprint density at radius 1 is 1.47 bits per heavy atom. The fraction of sp³-hybridized carbons (Fsp3) is 0.500. The number of aliphatic hydroxyl groups is 1. The van der Waals surface area contributed by atoms with Crippen LogP contribution in [-0.2, 0) is 4.79 Å². The van der Waals surface area contributed by atoms with E-state index in [2.05, 4.69) is 10.6 Å². The van der Waals surface area contributed by atoms with E-state index in [1.165, 1.54) is 0 Å². The first-order chi connectivity index (χ1) is 8.99. The summed E-state index contributed by atoms with van der Waals surface area (Å²) in [5.74, 6) is -0.0950. The fourth-order valence-corrected chi connectivity index (χ4v) is 1.82. The topological polar surface area (TPSA) is 61.4 Å². The molecule has 1 rings (SSSR count). The number of halogens is 1. The number of aryl methyl sites for hydroxylation is 1. The van der Waals surface area contributed by atoms with E-state index in [0.717, 1.165) is 24.1 Å². The lowest BCUT2D eigenvalue weighted by molar-refractivity contribution is -0.115. The van der Waals surface area contributed by atoms with Crippen molar-refractivity contribution in [3.05, 3.63) is 28.8 Å². The monoisotopic (exact) mass is 284 g/mol. The van der Waals surface area contributed by atoms with Crippen LogP contribution in [0.25, 0.3) is 0 Å². The predicted octanol–water partition coefficient (Wildman–Crippen LogP) is 2.34. The Balaban J connectivity index is 2.29. The van der Waals surface area contributed by atoms with Crippen LogP contribution in [0.2, 0.25) is 5.02 Å². The molecular weight excluding hydrogens is 264 g/mol. The quantitative estimate of drug-likeness (QED) is 0.674. The highest BCUT2D eigenvalue weighted by atomic mass is 35.5. The maximum Gasteiger partial charge on any atom is 0.238 e. The van der Waals surface area contributed by atoms with Crippen LogP contribution < -0.4 is 10.6 Å². The Hall–Kier alpha value is -1.10. The lowest BCUT2D eigenvalue weighted by Gasteiger charge is -2.10. The zero-order valence-electron chi connectivity index (χ0n) is 11.4. The first-order valence-electron chi connectivity index (χ1n) is 6.44. The van der Waals surface area contributed by atoms with Gasteiger partial charge in [0.05, 0.1) is 12.6 Å². The van der Waals surface area contributed by atoms with E-state index >= 15 is 0 Å². The second-order valence-electron chi connectivity index (χ2n) is 4.68. The minimum absolute atomic E-state index is 0.0950. The van der Waals surface area contributed by atoms with Crippen LogP contribution in [0.5, 0.6) is 0 Å². The van der Waals surface area contributed by atoms with E-state index < -0.39 is 0 Å². The molecule has 0 saturated carbocycles. The summed E-state index contributed by atoms with van der Waals surface area (Å²) in [5, 5.41) is 15.5. The van der Waals surface area contributed by atoms with E-state index in [-0.39, 0.29) is 18.6 Å². The Kier molecular flexibility index (Phi) is 6.84. The normalized spacial score (nSPS) is 12.2. The molecule has 0 saturated heterocycles. The molecule has 0 aliphatic heterocycles. The standard InChI is InChI=1S/C14H21ClN2O2/c1-10-5-6-12(15)8-13(10)17-14(19)9-16-7-3-4-11(2)18/h5-6,8,11,16,18H,3-4,7,9H2,1-2H3,(H,17,19). The molecule has 0 spiro atoms. The smallest absolute Gasteiger partial charge is 0.238 e. The number of anilines is 1. The second kappa shape index (κ2) is 8.15. The van der Waals surface area contributed by atoms with Gasteiger partial charge in [-0.3, -0.25) is 4.79 Å². The first-order valence-corrected chi connectivity index (χ1v) is 6.81. The van der Waals surface area contributed by atoms with Crippen molar-refractivity contribution in [2.45, 2.75) is 32.8 Å². The summed E-state index contributed by atoms with van der Waals surface area (Å²) >= 11 is 5.88. The van der Waals surface area contributed by atoms with Gasteiger partial charge in [0.1, 0.15) is 0 Å². The van der Waals surface area contributed by atoms with Crippen LogP contribution in [0.1, 0.15) is 25.3 Å². The minimum Gasteiger partial charge on any atom is -0.393 e. The largest absolute Gasteiger partial charge is 0.393 e. The molecule has 3 N–H and O–H groups in total. The molecule has 1 amide bonds. The van der Waals surface area contributed by atoms with Crippen LogP contribution in [0.4, 0.5) is 5.69 Å². The highest BCUT2D eigenvalue weighted by molar-refractivity contribution is 6.31. The fourth-order valence-electron chi connectivity index (χ4n) is 1.65. The van der Waals surface area contributed by atoms with Gasteiger partial charge in [-0.05, 0) is 50.9 Å². The summed E-state index contributed by atoms with van der Waals surface area (Å²) in [6, 6.07) is 5.40. The van der Waals surface area contributed by atoms with E-state index in [9.17, 15) is 4.79 Å². The van der Waals surface area contributed by atoms with E-state index in [4.69, 9.17) is 16.7 Å². The molecule has 0 radical (unpaired) electrons. The SMILES string of the molecule is Cc1ccc(Cl)cc1NC(=O)CNCCCC(C)O. The van der Waals surface area contributed by atoms with Crippen molar-refractivity contribution in [1.29, 1.82) is 0 Å². The molecule has 19 heavy (non-hydrogen) atoms.